The predicted molar refractivity (Wildman–Crippen MR) is 100.0 cm³/mol. The highest BCUT2D eigenvalue weighted by Gasteiger charge is 2.25. The molecule has 2 saturated heterocycles. The monoisotopic (exact) mass is 339 g/mol. The summed E-state index contributed by atoms with van der Waals surface area (Å²) in [6.07, 6.45) is 0.536. The number of morpholine rings is 1. The summed E-state index contributed by atoms with van der Waals surface area (Å²) in [5.41, 5.74) is 1.27. The van der Waals surface area contributed by atoms with Gasteiger partial charge in [-0.05, 0) is 11.5 Å². The standard InChI is InChI=1S/C20H25N3O2/c24-20(14-17-15-25-13-8-21-17)23-11-9-22(10-12-23)19-7-3-5-16-4-1-2-6-18(16)19/h1-7,17,21H,8-15H2/t17-/m0/s1. The lowest BCUT2D eigenvalue weighted by Crippen LogP contribution is -2.51. The topological polar surface area (TPSA) is 44.8 Å². The van der Waals surface area contributed by atoms with Gasteiger partial charge < -0.3 is 19.9 Å². The van der Waals surface area contributed by atoms with Crippen LogP contribution in [0, 0.1) is 0 Å². The number of nitrogens with one attached hydrogen (secondary N) is 1. The van der Waals surface area contributed by atoms with E-state index in [1.807, 2.05) is 4.90 Å². The summed E-state index contributed by atoms with van der Waals surface area (Å²) >= 11 is 0. The van der Waals surface area contributed by atoms with Crippen molar-refractivity contribution < 1.29 is 9.53 Å². The van der Waals surface area contributed by atoms with Crippen molar-refractivity contribution in [2.24, 2.45) is 0 Å². The quantitative estimate of drug-likeness (QED) is 0.927. The average Bonchev–Trinajstić information content (AvgIpc) is 2.68. The van der Waals surface area contributed by atoms with E-state index >= 15 is 0 Å². The van der Waals surface area contributed by atoms with E-state index in [0.717, 1.165) is 39.3 Å². The van der Waals surface area contributed by atoms with Crippen LogP contribution in [0.3, 0.4) is 0 Å². The van der Waals surface area contributed by atoms with Crippen molar-refractivity contribution in [3.05, 3.63) is 42.5 Å². The number of carbonyl (C=O) groups is 1. The summed E-state index contributed by atoms with van der Waals surface area (Å²) in [7, 11) is 0. The van der Waals surface area contributed by atoms with E-state index in [1.54, 1.807) is 0 Å². The van der Waals surface area contributed by atoms with Crippen LogP contribution >= 0.6 is 0 Å². The number of rotatable bonds is 3. The molecule has 132 valence electrons. The lowest BCUT2D eigenvalue weighted by Gasteiger charge is -2.37. The number of anilines is 1. The Kier molecular flexibility index (Phi) is 4.85. The van der Waals surface area contributed by atoms with Crippen molar-refractivity contribution in [3.8, 4) is 0 Å². The molecule has 25 heavy (non-hydrogen) atoms. The fourth-order valence-electron chi connectivity index (χ4n) is 3.77. The van der Waals surface area contributed by atoms with Crippen molar-refractivity contribution in [3.63, 3.8) is 0 Å². The number of benzene rings is 2. The molecule has 2 aromatic rings. The van der Waals surface area contributed by atoms with Crippen LogP contribution < -0.4 is 10.2 Å². The Morgan fingerprint density at radius 2 is 1.88 bits per heavy atom. The fourth-order valence-corrected chi connectivity index (χ4v) is 3.77. The van der Waals surface area contributed by atoms with Crippen LogP contribution in [0.4, 0.5) is 5.69 Å². The Labute approximate surface area is 148 Å². The summed E-state index contributed by atoms with van der Waals surface area (Å²) in [6.45, 7) is 5.57. The van der Waals surface area contributed by atoms with Crippen LogP contribution in [0.25, 0.3) is 10.8 Å². The second kappa shape index (κ2) is 7.42. The molecule has 4 rings (SSSR count). The molecule has 1 amide bonds. The molecule has 5 heteroatoms. The molecule has 0 bridgehead atoms. The van der Waals surface area contributed by atoms with Gasteiger partial charge in [0.25, 0.3) is 0 Å². The van der Waals surface area contributed by atoms with Crippen molar-refractivity contribution in [1.29, 1.82) is 0 Å². The van der Waals surface area contributed by atoms with Gasteiger partial charge in [0, 0.05) is 56.3 Å². The minimum absolute atomic E-state index is 0.164. The van der Waals surface area contributed by atoms with Gasteiger partial charge in [-0.1, -0.05) is 36.4 Å². The smallest absolute Gasteiger partial charge is 0.224 e. The predicted octanol–water partition coefficient (Wildman–Crippen LogP) is 1.87. The first-order chi connectivity index (χ1) is 12.3. The van der Waals surface area contributed by atoms with Gasteiger partial charge in [0.1, 0.15) is 0 Å². The highest BCUT2D eigenvalue weighted by atomic mass is 16.5. The average molecular weight is 339 g/mol. The molecular weight excluding hydrogens is 314 g/mol. The number of hydrogen-bond donors (Lipinski definition) is 1. The summed E-state index contributed by atoms with van der Waals surface area (Å²) in [5, 5.41) is 5.91. The van der Waals surface area contributed by atoms with Crippen molar-refractivity contribution in [2.75, 3.05) is 50.8 Å². The Hall–Kier alpha value is -2.11. The van der Waals surface area contributed by atoms with Gasteiger partial charge in [-0.2, -0.15) is 0 Å². The SMILES string of the molecule is O=C(C[C@H]1COCCN1)N1CCN(c2cccc3ccccc23)CC1. The van der Waals surface area contributed by atoms with Crippen LogP contribution in [0.5, 0.6) is 0 Å². The highest BCUT2D eigenvalue weighted by Crippen LogP contribution is 2.27. The summed E-state index contributed by atoms with van der Waals surface area (Å²) in [5.74, 6) is 0.237. The molecule has 2 heterocycles. The van der Waals surface area contributed by atoms with Gasteiger partial charge >= 0.3 is 0 Å². The molecule has 0 aliphatic carbocycles. The normalized spacial score (nSPS) is 21.5. The summed E-state index contributed by atoms with van der Waals surface area (Å²) in [4.78, 5) is 16.9. The maximum absolute atomic E-state index is 12.5. The maximum atomic E-state index is 12.5. The summed E-state index contributed by atoms with van der Waals surface area (Å²) < 4.78 is 5.44. The minimum Gasteiger partial charge on any atom is -0.378 e. The van der Waals surface area contributed by atoms with Gasteiger partial charge in [-0.15, -0.1) is 0 Å². The number of carbonyl (C=O) groups excluding carboxylic acids is 1. The Balaban J connectivity index is 1.38. The van der Waals surface area contributed by atoms with Crippen molar-refractivity contribution in [1.82, 2.24) is 10.2 Å². The van der Waals surface area contributed by atoms with Crippen molar-refractivity contribution >= 4 is 22.4 Å². The number of ether oxygens (including phenoxy) is 1. The Bertz CT molecular complexity index is 729. The molecular formula is C20H25N3O2. The van der Waals surface area contributed by atoms with Crippen LogP contribution in [-0.2, 0) is 9.53 Å². The van der Waals surface area contributed by atoms with Gasteiger partial charge in [0.05, 0.1) is 13.2 Å². The zero-order valence-corrected chi connectivity index (χ0v) is 14.5. The number of fused-ring (bicyclic) bond motifs is 1. The van der Waals surface area contributed by atoms with Crippen LogP contribution in [-0.4, -0.2) is 62.8 Å². The lowest BCUT2D eigenvalue weighted by atomic mass is 10.1. The second-order valence-corrected chi connectivity index (χ2v) is 6.80. The Morgan fingerprint density at radius 1 is 1.08 bits per heavy atom. The fraction of sp³-hybridized carbons (Fsp3) is 0.450. The van der Waals surface area contributed by atoms with E-state index in [-0.39, 0.29) is 11.9 Å². The number of hydrogen-bond acceptors (Lipinski definition) is 4. The molecule has 0 radical (unpaired) electrons. The number of amides is 1. The van der Waals surface area contributed by atoms with E-state index in [4.69, 9.17) is 4.74 Å². The molecule has 1 N–H and O–H groups in total. The molecule has 0 spiro atoms. The molecule has 2 aromatic carbocycles. The first-order valence-electron chi connectivity index (χ1n) is 9.13. The van der Waals surface area contributed by atoms with E-state index in [1.165, 1.54) is 16.5 Å². The molecule has 5 nitrogen and oxygen atoms in total. The van der Waals surface area contributed by atoms with E-state index < -0.39 is 0 Å². The molecule has 2 fully saturated rings. The molecule has 0 aromatic heterocycles. The molecule has 2 aliphatic rings. The summed E-state index contributed by atoms with van der Waals surface area (Å²) in [6, 6.07) is 15.1. The van der Waals surface area contributed by atoms with Gasteiger partial charge in [0.2, 0.25) is 5.91 Å². The van der Waals surface area contributed by atoms with Crippen molar-refractivity contribution in [2.45, 2.75) is 12.5 Å². The molecule has 0 saturated carbocycles. The van der Waals surface area contributed by atoms with E-state index in [0.29, 0.717) is 13.0 Å². The maximum Gasteiger partial charge on any atom is 0.224 e. The lowest BCUT2D eigenvalue weighted by molar-refractivity contribution is -0.132. The molecule has 1 atom stereocenters. The van der Waals surface area contributed by atoms with Gasteiger partial charge in [0.15, 0.2) is 0 Å². The highest BCUT2D eigenvalue weighted by molar-refractivity contribution is 5.94. The van der Waals surface area contributed by atoms with E-state index in [9.17, 15) is 4.79 Å². The first-order valence-corrected chi connectivity index (χ1v) is 9.13. The first kappa shape index (κ1) is 16.4. The zero-order chi connectivity index (χ0) is 17.1. The van der Waals surface area contributed by atoms with E-state index in [2.05, 4.69) is 52.7 Å². The third-order valence-corrected chi connectivity index (χ3v) is 5.16. The number of nitrogens with zero attached hydrogens (tertiary/aromatic N) is 2. The molecule has 0 unspecified atom stereocenters. The minimum atomic E-state index is 0.164. The van der Waals surface area contributed by atoms with Gasteiger partial charge in [-0.3, -0.25) is 4.79 Å². The van der Waals surface area contributed by atoms with Crippen LogP contribution in [0.15, 0.2) is 42.5 Å². The van der Waals surface area contributed by atoms with Crippen LogP contribution in [0.1, 0.15) is 6.42 Å². The second-order valence-electron chi connectivity index (χ2n) is 6.80. The van der Waals surface area contributed by atoms with Crippen LogP contribution in [0.2, 0.25) is 0 Å². The largest absolute Gasteiger partial charge is 0.378 e. The number of piperazine rings is 1. The Morgan fingerprint density at radius 3 is 2.68 bits per heavy atom. The zero-order valence-electron chi connectivity index (χ0n) is 14.5. The molecule has 2 aliphatic heterocycles. The third kappa shape index (κ3) is 3.62. The third-order valence-electron chi connectivity index (χ3n) is 5.16. The van der Waals surface area contributed by atoms with Gasteiger partial charge in [-0.25, -0.2) is 0 Å².